The van der Waals surface area contributed by atoms with Crippen molar-refractivity contribution in [2.24, 2.45) is 0 Å². The molecule has 148 valence electrons. The fraction of sp³-hybridized carbons (Fsp3) is 0.286. The summed E-state index contributed by atoms with van der Waals surface area (Å²) in [5, 5.41) is 31.1. The van der Waals surface area contributed by atoms with Crippen molar-refractivity contribution in [1.29, 1.82) is 0 Å². The predicted molar refractivity (Wildman–Crippen MR) is 102 cm³/mol. The van der Waals surface area contributed by atoms with Crippen LogP contribution in [0.15, 0.2) is 29.1 Å². The Hall–Kier alpha value is -3.23. The first kappa shape index (κ1) is 17.8. The molecule has 2 aliphatic rings. The zero-order valence-corrected chi connectivity index (χ0v) is 15.6. The highest BCUT2D eigenvalue weighted by Gasteiger charge is 2.45. The summed E-state index contributed by atoms with van der Waals surface area (Å²) in [5.74, 6) is -0.779. The standard InChI is InChI=1S/C21H18N2O6/c1-2-21(28)14-6-16-18-10(7-23(16)19(26)13(14)9-29-20(21)27)5-11-12(8-24)17(25)4-3-15(11)22-18/h3-6,24-25,28H,2,7-9H2,1H3/t21-/m0/s1. The number of hydrogen-bond acceptors (Lipinski definition) is 7. The normalized spacial score (nSPS) is 19.6. The number of aliphatic hydroxyl groups is 2. The number of pyridine rings is 2. The van der Waals surface area contributed by atoms with E-state index in [1.165, 1.54) is 6.07 Å². The van der Waals surface area contributed by atoms with E-state index in [0.29, 0.717) is 27.9 Å². The molecular weight excluding hydrogens is 376 g/mol. The second-order valence-corrected chi connectivity index (χ2v) is 7.39. The maximum atomic E-state index is 13.1. The number of cyclic esters (lactones) is 1. The van der Waals surface area contributed by atoms with Crippen LogP contribution in [-0.4, -0.2) is 30.8 Å². The van der Waals surface area contributed by atoms with Gasteiger partial charge in [-0.15, -0.1) is 0 Å². The van der Waals surface area contributed by atoms with Crippen LogP contribution in [0.2, 0.25) is 0 Å². The van der Waals surface area contributed by atoms with Gasteiger partial charge in [-0.05, 0) is 30.7 Å². The number of aliphatic hydroxyl groups excluding tert-OH is 1. The predicted octanol–water partition coefficient (Wildman–Crippen LogP) is 1.28. The van der Waals surface area contributed by atoms with Crippen molar-refractivity contribution in [2.75, 3.05) is 0 Å². The molecule has 29 heavy (non-hydrogen) atoms. The number of phenols is 1. The number of esters is 1. The summed E-state index contributed by atoms with van der Waals surface area (Å²) in [5.41, 5.74) is 1.13. The molecule has 5 rings (SSSR count). The molecule has 2 aromatic heterocycles. The van der Waals surface area contributed by atoms with E-state index in [9.17, 15) is 24.9 Å². The molecule has 0 radical (unpaired) electrons. The molecule has 0 spiro atoms. The molecule has 0 bridgehead atoms. The van der Waals surface area contributed by atoms with Gasteiger partial charge < -0.3 is 24.6 Å². The van der Waals surface area contributed by atoms with Crippen LogP contribution in [0.25, 0.3) is 22.3 Å². The molecule has 8 heteroatoms. The summed E-state index contributed by atoms with van der Waals surface area (Å²) in [4.78, 5) is 30.0. The molecule has 1 aromatic carbocycles. The van der Waals surface area contributed by atoms with Gasteiger partial charge in [0.25, 0.3) is 5.56 Å². The fourth-order valence-electron chi connectivity index (χ4n) is 4.27. The van der Waals surface area contributed by atoms with Crippen molar-refractivity contribution in [3.63, 3.8) is 0 Å². The number of ether oxygens (including phenoxy) is 1. The summed E-state index contributed by atoms with van der Waals surface area (Å²) in [6.45, 7) is 1.40. The van der Waals surface area contributed by atoms with Crippen LogP contribution in [0.5, 0.6) is 5.75 Å². The summed E-state index contributed by atoms with van der Waals surface area (Å²) < 4.78 is 6.61. The van der Waals surface area contributed by atoms with Gasteiger partial charge in [-0.25, -0.2) is 9.78 Å². The number of carbonyl (C=O) groups is 1. The average Bonchev–Trinajstić information content (AvgIpc) is 3.08. The van der Waals surface area contributed by atoms with Crippen LogP contribution in [0.1, 0.15) is 35.6 Å². The molecule has 0 saturated carbocycles. The maximum absolute atomic E-state index is 13.1. The van der Waals surface area contributed by atoms with Crippen LogP contribution in [-0.2, 0) is 34.9 Å². The third-order valence-electron chi connectivity index (χ3n) is 5.94. The fourth-order valence-corrected chi connectivity index (χ4v) is 4.27. The average molecular weight is 394 g/mol. The smallest absolute Gasteiger partial charge is 0.343 e. The number of aromatic nitrogens is 2. The van der Waals surface area contributed by atoms with E-state index in [1.807, 2.05) is 6.07 Å². The molecule has 0 aliphatic carbocycles. The van der Waals surface area contributed by atoms with Crippen LogP contribution in [0.4, 0.5) is 0 Å². The minimum Gasteiger partial charge on any atom is -0.508 e. The minimum absolute atomic E-state index is 0.0198. The SMILES string of the molecule is CC[C@@]1(O)C(=O)OCc2c1cc1n(c2=O)Cc2cc3c(CO)c(O)ccc3nc2-1. The summed E-state index contributed by atoms with van der Waals surface area (Å²) in [6, 6.07) is 6.57. The number of rotatable bonds is 2. The molecule has 8 nitrogen and oxygen atoms in total. The lowest BCUT2D eigenvalue weighted by molar-refractivity contribution is -0.172. The van der Waals surface area contributed by atoms with Gasteiger partial charge in [0.1, 0.15) is 12.4 Å². The van der Waals surface area contributed by atoms with Crippen molar-refractivity contribution in [1.82, 2.24) is 9.55 Å². The van der Waals surface area contributed by atoms with E-state index in [0.717, 1.165) is 5.56 Å². The van der Waals surface area contributed by atoms with Crippen molar-refractivity contribution in [2.45, 2.75) is 38.7 Å². The summed E-state index contributed by atoms with van der Waals surface area (Å²) in [6.07, 6.45) is 0.0822. The maximum Gasteiger partial charge on any atom is 0.343 e. The Balaban J connectivity index is 1.79. The lowest BCUT2D eigenvalue weighted by Crippen LogP contribution is -2.44. The van der Waals surface area contributed by atoms with Gasteiger partial charge in [0, 0.05) is 22.1 Å². The topological polar surface area (TPSA) is 122 Å². The molecule has 0 saturated heterocycles. The van der Waals surface area contributed by atoms with E-state index in [-0.39, 0.29) is 48.6 Å². The number of benzene rings is 1. The van der Waals surface area contributed by atoms with Gasteiger partial charge in [0.15, 0.2) is 5.60 Å². The van der Waals surface area contributed by atoms with Gasteiger partial charge in [-0.1, -0.05) is 6.92 Å². The van der Waals surface area contributed by atoms with Gasteiger partial charge >= 0.3 is 5.97 Å². The van der Waals surface area contributed by atoms with Crippen molar-refractivity contribution < 1.29 is 24.9 Å². The Morgan fingerprint density at radius 2 is 2.07 bits per heavy atom. The largest absolute Gasteiger partial charge is 0.508 e. The molecule has 0 unspecified atom stereocenters. The highest BCUT2D eigenvalue weighted by atomic mass is 16.6. The molecule has 2 aliphatic heterocycles. The zero-order valence-electron chi connectivity index (χ0n) is 15.6. The van der Waals surface area contributed by atoms with Crippen molar-refractivity contribution in [3.05, 3.63) is 56.9 Å². The lowest BCUT2D eigenvalue weighted by atomic mass is 9.86. The second-order valence-electron chi connectivity index (χ2n) is 7.39. The minimum atomic E-state index is -1.86. The van der Waals surface area contributed by atoms with E-state index in [4.69, 9.17) is 4.74 Å². The third-order valence-corrected chi connectivity index (χ3v) is 5.94. The number of hydrogen-bond donors (Lipinski definition) is 3. The number of fused-ring (bicyclic) bond motifs is 5. The Morgan fingerprint density at radius 1 is 1.28 bits per heavy atom. The van der Waals surface area contributed by atoms with Gasteiger partial charge in [-0.2, -0.15) is 0 Å². The van der Waals surface area contributed by atoms with Crippen LogP contribution >= 0.6 is 0 Å². The molecular formula is C21H18N2O6. The molecule has 4 heterocycles. The Morgan fingerprint density at radius 3 is 2.79 bits per heavy atom. The molecule has 0 fully saturated rings. The summed E-state index contributed by atoms with van der Waals surface area (Å²) >= 11 is 0. The molecule has 3 aromatic rings. The first-order valence-corrected chi connectivity index (χ1v) is 9.31. The molecule has 3 N–H and O–H groups in total. The van der Waals surface area contributed by atoms with Gasteiger partial charge in [0.2, 0.25) is 0 Å². The lowest BCUT2D eigenvalue weighted by Gasteiger charge is -2.31. The quantitative estimate of drug-likeness (QED) is 0.438. The zero-order chi connectivity index (χ0) is 20.5. The molecule has 1 atom stereocenters. The van der Waals surface area contributed by atoms with E-state index < -0.39 is 11.6 Å². The molecule has 0 amide bonds. The highest BCUT2D eigenvalue weighted by Crippen LogP contribution is 2.39. The Bertz CT molecular complexity index is 1280. The van der Waals surface area contributed by atoms with Crippen LogP contribution < -0.4 is 5.56 Å². The number of aromatic hydroxyl groups is 1. The van der Waals surface area contributed by atoms with Gasteiger partial charge in [-0.3, -0.25) is 4.79 Å². The van der Waals surface area contributed by atoms with E-state index >= 15 is 0 Å². The van der Waals surface area contributed by atoms with E-state index in [2.05, 4.69) is 4.98 Å². The summed E-state index contributed by atoms with van der Waals surface area (Å²) in [7, 11) is 0. The van der Waals surface area contributed by atoms with Gasteiger partial charge in [0.05, 0.1) is 35.6 Å². The van der Waals surface area contributed by atoms with Crippen molar-refractivity contribution >= 4 is 16.9 Å². The Kier molecular flexibility index (Phi) is 3.62. The monoisotopic (exact) mass is 394 g/mol. The Labute approximate surface area is 164 Å². The van der Waals surface area contributed by atoms with Crippen LogP contribution in [0.3, 0.4) is 0 Å². The van der Waals surface area contributed by atoms with Crippen molar-refractivity contribution in [3.8, 4) is 17.1 Å². The first-order chi connectivity index (χ1) is 13.9. The number of nitrogens with zero attached hydrogens (tertiary/aromatic N) is 2. The highest BCUT2D eigenvalue weighted by molar-refractivity contribution is 5.89. The first-order valence-electron chi connectivity index (χ1n) is 9.31. The third kappa shape index (κ3) is 2.24. The number of carbonyl (C=O) groups excluding carboxylic acids is 1. The second kappa shape index (κ2) is 5.88. The van der Waals surface area contributed by atoms with E-state index in [1.54, 1.807) is 23.6 Å². The van der Waals surface area contributed by atoms with Crippen LogP contribution in [0, 0.1) is 0 Å².